The summed E-state index contributed by atoms with van der Waals surface area (Å²) in [5.41, 5.74) is 5.15. The van der Waals surface area contributed by atoms with Gasteiger partial charge in [0.15, 0.2) is 0 Å². The number of rotatable bonds is 5. The van der Waals surface area contributed by atoms with Gasteiger partial charge in [0.2, 0.25) is 5.91 Å². The largest absolute Gasteiger partial charge is 0.434 e. The normalized spacial score (nSPS) is 12.3. The first-order valence-electron chi connectivity index (χ1n) is 5.17. The van der Waals surface area contributed by atoms with Crippen LogP contribution in [-0.4, -0.2) is 18.6 Å². The van der Waals surface area contributed by atoms with E-state index in [9.17, 15) is 18.0 Å². The van der Waals surface area contributed by atoms with Gasteiger partial charge in [-0.15, -0.1) is 0 Å². The average molecular weight is 262 g/mol. The molecular weight excluding hydrogens is 249 g/mol. The predicted molar refractivity (Wildman–Crippen MR) is 58.5 cm³/mol. The number of nitrogens with one attached hydrogen (secondary N) is 1. The molecule has 1 atom stereocenters. The molecule has 4 nitrogen and oxygen atoms in total. The zero-order chi connectivity index (χ0) is 13.7. The third kappa shape index (κ3) is 3.92. The minimum Gasteiger partial charge on any atom is -0.434 e. The van der Waals surface area contributed by atoms with Gasteiger partial charge in [0.1, 0.15) is 11.6 Å². The lowest BCUT2D eigenvalue weighted by molar-refractivity contribution is -0.122. The first-order valence-corrected chi connectivity index (χ1v) is 5.17. The number of halogens is 3. The van der Waals surface area contributed by atoms with Crippen LogP contribution in [-0.2, 0) is 11.3 Å². The smallest absolute Gasteiger partial charge is 0.387 e. The molecule has 0 aliphatic rings. The van der Waals surface area contributed by atoms with Gasteiger partial charge in [0.05, 0.1) is 6.04 Å². The third-order valence-corrected chi connectivity index (χ3v) is 2.14. The van der Waals surface area contributed by atoms with Crippen LogP contribution in [0.3, 0.4) is 0 Å². The second-order valence-electron chi connectivity index (χ2n) is 3.60. The van der Waals surface area contributed by atoms with Crippen molar-refractivity contribution in [2.75, 3.05) is 0 Å². The Balaban J connectivity index is 2.82. The summed E-state index contributed by atoms with van der Waals surface area (Å²) in [5, 5.41) is 2.32. The molecule has 0 spiro atoms. The molecule has 1 aromatic carbocycles. The number of hydrogen-bond acceptors (Lipinski definition) is 3. The summed E-state index contributed by atoms with van der Waals surface area (Å²) in [6, 6.07) is 2.76. The first-order chi connectivity index (χ1) is 8.41. The van der Waals surface area contributed by atoms with E-state index < -0.39 is 24.4 Å². The lowest BCUT2D eigenvalue weighted by Crippen LogP contribution is -2.38. The maximum atomic E-state index is 13.4. The van der Waals surface area contributed by atoms with Gasteiger partial charge in [-0.2, -0.15) is 8.78 Å². The number of ether oxygens (including phenoxy) is 1. The standard InChI is InChI=1S/C11H13F3N2O2/c1-6(15)10(17)16-5-7-8(12)3-2-4-9(7)18-11(13)14/h2-4,6,11H,5,15H2,1H3,(H,16,17)/t6-/m1/s1. The molecule has 0 saturated carbocycles. The van der Waals surface area contributed by atoms with Crippen molar-refractivity contribution in [3.05, 3.63) is 29.6 Å². The van der Waals surface area contributed by atoms with Crippen LogP contribution in [0.15, 0.2) is 18.2 Å². The highest BCUT2D eigenvalue weighted by atomic mass is 19.3. The van der Waals surface area contributed by atoms with Crippen molar-refractivity contribution in [3.63, 3.8) is 0 Å². The number of alkyl halides is 2. The number of nitrogens with two attached hydrogens (primary N) is 1. The Labute approximate surface area is 102 Å². The fourth-order valence-electron chi connectivity index (χ4n) is 1.25. The van der Waals surface area contributed by atoms with Crippen LogP contribution in [0.1, 0.15) is 12.5 Å². The van der Waals surface area contributed by atoms with Gasteiger partial charge in [-0.3, -0.25) is 4.79 Å². The quantitative estimate of drug-likeness (QED) is 0.842. The molecule has 0 unspecified atom stereocenters. The third-order valence-electron chi connectivity index (χ3n) is 2.14. The van der Waals surface area contributed by atoms with E-state index in [0.29, 0.717) is 0 Å². The Hall–Kier alpha value is -1.76. The van der Waals surface area contributed by atoms with E-state index in [0.717, 1.165) is 6.07 Å². The monoisotopic (exact) mass is 262 g/mol. The maximum absolute atomic E-state index is 13.4. The molecule has 100 valence electrons. The Morgan fingerprint density at radius 3 is 2.72 bits per heavy atom. The molecule has 1 aromatic rings. The summed E-state index contributed by atoms with van der Waals surface area (Å²) >= 11 is 0. The number of carbonyl (C=O) groups is 1. The van der Waals surface area contributed by atoms with E-state index in [1.54, 1.807) is 0 Å². The van der Waals surface area contributed by atoms with E-state index in [-0.39, 0.29) is 17.9 Å². The summed E-state index contributed by atoms with van der Waals surface area (Å²) < 4.78 is 41.8. The fourth-order valence-corrected chi connectivity index (χ4v) is 1.25. The second kappa shape index (κ2) is 6.25. The minimum absolute atomic E-state index is 0.146. The van der Waals surface area contributed by atoms with Crippen molar-refractivity contribution in [3.8, 4) is 5.75 Å². The van der Waals surface area contributed by atoms with E-state index in [1.807, 2.05) is 0 Å². The molecule has 0 saturated heterocycles. The van der Waals surface area contributed by atoms with Crippen LogP contribution in [0.2, 0.25) is 0 Å². The molecule has 0 aliphatic heterocycles. The first kappa shape index (κ1) is 14.3. The van der Waals surface area contributed by atoms with E-state index in [2.05, 4.69) is 10.1 Å². The average Bonchev–Trinajstić information content (AvgIpc) is 2.27. The lowest BCUT2D eigenvalue weighted by atomic mass is 10.2. The highest BCUT2D eigenvalue weighted by Gasteiger charge is 2.15. The van der Waals surface area contributed by atoms with Crippen molar-refractivity contribution < 1.29 is 22.7 Å². The lowest BCUT2D eigenvalue weighted by Gasteiger charge is -2.13. The maximum Gasteiger partial charge on any atom is 0.387 e. The van der Waals surface area contributed by atoms with Gasteiger partial charge >= 0.3 is 6.61 Å². The zero-order valence-electron chi connectivity index (χ0n) is 9.62. The number of hydrogen-bond donors (Lipinski definition) is 2. The van der Waals surface area contributed by atoms with Crippen molar-refractivity contribution in [2.24, 2.45) is 5.73 Å². The highest BCUT2D eigenvalue weighted by molar-refractivity contribution is 5.80. The van der Waals surface area contributed by atoms with Crippen molar-refractivity contribution >= 4 is 5.91 Å². The summed E-state index contributed by atoms with van der Waals surface area (Å²) in [4.78, 5) is 11.2. The van der Waals surface area contributed by atoms with Crippen LogP contribution in [0.5, 0.6) is 5.75 Å². The summed E-state index contributed by atoms with van der Waals surface area (Å²) in [6.45, 7) is -1.88. The van der Waals surface area contributed by atoms with Crippen molar-refractivity contribution in [1.82, 2.24) is 5.32 Å². The topological polar surface area (TPSA) is 64.4 Å². The Morgan fingerprint density at radius 2 is 2.17 bits per heavy atom. The van der Waals surface area contributed by atoms with Crippen LogP contribution >= 0.6 is 0 Å². The Kier molecular flexibility index (Phi) is 4.96. The molecule has 7 heteroatoms. The van der Waals surface area contributed by atoms with Crippen molar-refractivity contribution in [1.29, 1.82) is 0 Å². The van der Waals surface area contributed by atoms with Crippen LogP contribution < -0.4 is 15.8 Å². The van der Waals surface area contributed by atoms with Gasteiger partial charge in [0, 0.05) is 12.1 Å². The van der Waals surface area contributed by atoms with Gasteiger partial charge in [0.25, 0.3) is 0 Å². The summed E-state index contributed by atoms with van der Waals surface area (Å²) in [6.07, 6.45) is 0. The zero-order valence-corrected chi connectivity index (χ0v) is 9.62. The molecule has 0 aromatic heterocycles. The van der Waals surface area contributed by atoms with Crippen LogP contribution in [0.25, 0.3) is 0 Å². The van der Waals surface area contributed by atoms with Gasteiger partial charge in [-0.25, -0.2) is 4.39 Å². The molecule has 3 N–H and O–H groups in total. The number of amides is 1. The molecule has 0 bridgehead atoms. The second-order valence-corrected chi connectivity index (χ2v) is 3.60. The molecule has 0 heterocycles. The SMILES string of the molecule is C[C@@H](N)C(=O)NCc1c(F)cccc1OC(F)F. The summed E-state index contributed by atoms with van der Waals surface area (Å²) in [5.74, 6) is -1.56. The van der Waals surface area contributed by atoms with Gasteiger partial charge < -0.3 is 15.8 Å². The molecule has 1 amide bonds. The molecule has 0 radical (unpaired) electrons. The molecule has 18 heavy (non-hydrogen) atoms. The highest BCUT2D eigenvalue weighted by Crippen LogP contribution is 2.23. The molecule has 1 rings (SSSR count). The van der Waals surface area contributed by atoms with Crippen LogP contribution in [0, 0.1) is 5.82 Å². The van der Waals surface area contributed by atoms with E-state index >= 15 is 0 Å². The molecule has 0 fully saturated rings. The minimum atomic E-state index is -3.06. The van der Waals surface area contributed by atoms with Gasteiger partial charge in [-0.05, 0) is 19.1 Å². The predicted octanol–water partition coefficient (Wildman–Crippen LogP) is 1.39. The van der Waals surface area contributed by atoms with Crippen molar-refractivity contribution in [2.45, 2.75) is 26.1 Å². The summed E-state index contributed by atoms with van der Waals surface area (Å²) in [7, 11) is 0. The molecular formula is C11H13F3N2O2. The molecule has 0 aliphatic carbocycles. The Bertz CT molecular complexity index is 425. The number of carbonyl (C=O) groups excluding carboxylic acids is 1. The number of benzene rings is 1. The fraction of sp³-hybridized carbons (Fsp3) is 0.364. The van der Waals surface area contributed by atoms with Crippen LogP contribution in [0.4, 0.5) is 13.2 Å². The van der Waals surface area contributed by atoms with E-state index in [1.165, 1.54) is 19.1 Å². The van der Waals surface area contributed by atoms with Gasteiger partial charge in [-0.1, -0.05) is 6.07 Å². The van der Waals surface area contributed by atoms with E-state index in [4.69, 9.17) is 5.73 Å². The Morgan fingerprint density at radius 1 is 1.50 bits per heavy atom.